The fraction of sp³-hybridized carbons (Fsp3) is 0.591. The SMILES string of the molecule is COc1ncc(N2CCc3ncnc(OC4CCN(C(=O)OC(C)(C)C)C4)c3C2)c(OC)n1. The Kier molecular flexibility index (Phi) is 6.39. The van der Waals surface area contributed by atoms with Gasteiger partial charge in [0.1, 0.15) is 23.7 Å². The van der Waals surface area contributed by atoms with E-state index in [9.17, 15) is 4.79 Å². The van der Waals surface area contributed by atoms with Crippen LogP contribution in [0.15, 0.2) is 12.5 Å². The molecule has 33 heavy (non-hydrogen) atoms. The number of anilines is 1. The van der Waals surface area contributed by atoms with Crippen LogP contribution in [-0.2, 0) is 17.7 Å². The van der Waals surface area contributed by atoms with Gasteiger partial charge in [0, 0.05) is 25.9 Å². The molecule has 11 heteroatoms. The van der Waals surface area contributed by atoms with Gasteiger partial charge in [-0.05, 0) is 20.8 Å². The third-order valence-electron chi connectivity index (χ3n) is 5.47. The third kappa shape index (κ3) is 5.18. The second-order valence-corrected chi connectivity index (χ2v) is 8.98. The Hall–Kier alpha value is -3.37. The van der Waals surface area contributed by atoms with Gasteiger partial charge in [-0.1, -0.05) is 0 Å². The summed E-state index contributed by atoms with van der Waals surface area (Å²) in [5, 5.41) is 0. The van der Waals surface area contributed by atoms with E-state index in [1.165, 1.54) is 13.4 Å². The smallest absolute Gasteiger partial charge is 0.410 e. The minimum absolute atomic E-state index is 0.161. The fourth-order valence-electron chi connectivity index (χ4n) is 3.91. The highest BCUT2D eigenvalue weighted by Gasteiger charge is 2.32. The van der Waals surface area contributed by atoms with Gasteiger partial charge in [-0.25, -0.2) is 19.7 Å². The summed E-state index contributed by atoms with van der Waals surface area (Å²) in [5.74, 6) is 0.975. The van der Waals surface area contributed by atoms with E-state index < -0.39 is 5.60 Å². The van der Waals surface area contributed by atoms with Crippen molar-refractivity contribution in [3.8, 4) is 17.8 Å². The van der Waals surface area contributed by atoms with E-state index in [1.807, 2.05) is 20.8 Å². The highest BCUT2D eigenvalue weighted by Crippen LogP contribution is 2.33. The number of hydrogen-bond donors (Lipinski definition) is 0. The first-order valence-corrected chi connectivity index (χ1v) is 10.9. The Morgan fingerprint density at radius 3 is 2.64 bits per heavy atom. The van der Waals surface area contributed by atoms with Crippen LogP contribution in [0.4, 0.5) is 10.5 Å². The van der Waals surface area contributed by atoms with Crippen LogP contribution in [0.5, 0.6) is 17.8 Å². The van der Waals surface area contributed by atoms with Crippen LogP contribution in [0.1, 0.15) is 38.4 Å². The van der Waals surface area contributed by atoms with Gasteiger partial charge >= 0.3 is 12.1 Å². The standard InChI is InChI=1S/C22H30N6O5/c1-22(2,3)33-21(29)28-8-6-14(11-28)32-18-15-12-27(9-7-16(15)24-13-25-18)17-10-23-20(31-5)26-19(17)30-4/h10,13-14H,6-9,11-12H2,1-5H3. The van der Waals surface area contributed by atoms with Crippen LogP contribution in [0, 0.1) is 0 Å². The van der Waals surface area contributed by atoms with E-state index in [1.54, 1.807) is 18.2 Å². The molecule has 2 aromatic rings. The zero-order valence-electron chi connectivity index (χ0n) is 19.7. The number of carbonyl (C=O) groups excluding carboxylic acids is 1. The molecule has 2 aromatic heterocycles. The molecule has 0 saturated carbocycles. The van der Waals surface area contributed by atoms with Crippen LogP contribution < -0.4 is 19.1 Å². The number of nitrogens with zero attached hydrogens (tertiary/aromatic N) is 6. The Labute approximate surface area is 193 Å². The first kappa shape index (κ1) is 22.8. The molecule has 0 spiro atoms. The molecular formula is C22H30N6O5. The maximum atomic E-state index is 12.4. The number of aromatic nitrogens is 4. The summed E-state index contributed by atoms with van der Waals surface area (Å²) in [6.07, 6.45) is 4.17. The highest BCUT2D eigenvalue weighted by molar-refractivity contribution is 5.68. The molecule has 1 amide bonds. The third-order valence-corrected chi connectivity index (χ3v) is 5.47. The summed E-state index contributed by atoms with van der Waals surface area (Å²) in [5.41, 5.74) is 2.09. The molecule has 0 radical (unpaired) electrons. The van der Waals surface area contributed by atoms with Gasteiger partial charge in [0.15, 0.2) is 0 Å². The molecule has 1 saturated heterocycles. The predicted molar refractivity (Wildman–Crippen MR) is 119 cm³/mol. The molecule has 1 unspecified atom stereocenters. The van der Waals surface area contributed by atoms with Crippen LogP contribution in [0.2, 0.25) is 0 Å². The van der Waals surface area contributed by atoms with E-state index >= 15 is 0 Å². The minimum atomic E-state index is -0.530. The largest absolute Gasteiger partial charge is 0.479 e. The van der Waals surface area contributed by atoms with Crippen LogP contribution in [0.3, 0.4) is 0 Å². The second kappa shape index (κ2) is 9.24. The number of carbonyl (C=O) groups is 1. The van der Waals surface area contributed by atoms with Crippen LogP contribution >= 0.6 is 0 Å². The van der Waals surface area contributed by atoms with Crippen molar-refractivity contribution >= 4 is 11.8 Å². The average molecular weight is 459 g/mol. The number of rotatable bonds is 5. The Balaban J connectivity index is 1.48. The van der Waals surface area contributed by atoms with Crippen molar-refractivity contribution < 1.29 is 23.7 Å². The molecule has 2 aliphatic heterocycles. The summed E-state index contributed by atoms with van der Waals surface area (Å²) in [4.78, 5) is 33.5. The van der Waals surface area contributed by atoms with Crippen molar-refractivity contribution in [2.24, 2.45) is 0 Å². The lowest BCUT2D eigenvalue weighted by atomic mass is 10.1. The summed E-state index contributed by atoms with van der Waals surface area (Å²) < 4.78 is 22.3. The van der Waals surface area contributed by atoms with Gasteiger partial charge in [-0.15, -0.1) is 0 Å². The van der Waals surface area contributed by atoms with Crippen molar-refractivity contribution in [3.63, 3.8) is 0 Å². The molecule has 0 aromatic carbocycles. The lowest BCUT2D eigenvalue weighted by molar-refractivity contribution is 0.0274. The van der Waals surface area contributed by atoms with Crippen molar-refractivity contribution in [1.29, 1.82) is 0 Å². The number of methoxy groups -OCH3 is 2. The Morgan fingerprint density at radius 2 is 1.91 bits per heavy atom. The minimum Gasteiger partial charge on any atom is -0.479 e. The van der Waals surface area contributed by atoms with E-state index in [0.717, 1.165) is 29.9 Å². The quantitative estimate of drug-likeness (QED) is 0.661. The Bertz CT molecular complexity index is 1010. The maximum absolute atomic E-state index is 12.4. The number of fused-ring (bicyclic) bond motifs is 1. The monoisotopic (exact) mass is 458 g/mol. The molecule has 0 N–H and O–H groups in total. The van der Waals surface area contributed by atoms with Gasteiger partial charge in [-0.3, -0.25) is 0 Å². The van der Waals surface area contributed by atoms with Crippen molar-refractivity contribution in [1.82, 2.24) is 24.8 Å². The summed E-state index contributed by atoms with van der Waals surface area (Å²) >= 11 is 0. The molecule has 1 fully saturated rings. The van der Waals surface area contributed by atoms with Crippen molar-refractivity contribution in [3.05, 3.63) is 23.8 Å². The summed E-state index contributed by atoms with van der Waals surface area (Å²) in [6, 6.07) is 0.246. The number of amides is 1. The maximum Gasteiger partial charge on any atom is 0.410 e. The number of likely N-dealkylation sites (tertiary alicyclic amines) is 1. The van der Waals surface area contributed by atoms with E-state index in [-0.39, 0.29) is 18.2 Å². The zero-order chi connectivity index (χ0) is 23.6. The number of ether oxygens (including phenoxy) is 4. The second-order valence-electron chi connectivity index (χ2n) is 8.98. The summed E-state index contributed by atoms with van der Waals surface area (Å²) in [7, 11) is 3.08. The molecule has 0 bridgehead atoms. The van der Waals surface area contributed by atoms with E-state index in [0.29, 0.717) is 37.8 Å². The topological polar surface area (TPSA) is 112 Å². The molecule has 0 aliphatic carbocycles. The molecular weight excluding hydrogens is 428 g/mol. The van der Waals surface area contributed by atoms with Gasteiger partial charge in [0.2, 0.25) is 11.8 Å². The van der Waals surface area contributed by atoms with Gasteiger partial charge in [0.05, 0.1) is 44.8 Å². The average Bonchev–Trinajstić information content (AvgIpc) is 3.26. The molecule has 4 heterocycles. The molecule has 4 rings (SSSR count). The van der Waals surface area contributed by atoms with Crippen molar-refractivity contribution in [2.75, 3.05) is 38.8 Å². The fourth-order valence-corrected chi connectivity index (χ4v) is 3.91. The first-order chi connectivity index (χ1) is 15.8. The molecule has 1 atom stereocenters. The Morgan fingerprint density at radius 1 is 1.09 bits per heavy atom. The number of hydrogen-bond acceptors (Lipinski definition) is 10. The van der Waals surface area contributed by atoms with Crippen molar-refractivity contribution in [2.45, 2.75) is 51.9 Å². The molecule has 2 aliphatic rings. The predicted octanol–water partition coefficient (Wildman–Crippen LogP) is 2.23. The molecule has 11 nitrogen and oxygen atoms in total. The van der Waals surface area contributed by atoms with E-state index in [4.69, 9.17) is 18.9 Å². The highest BCUT2D eigenvalue weighted by atomic mass is 16.6. The normalized spacial score (nSPS) is 18.0. The first-order valence-electron chi connectivity index (χ1n) is 10.9. The van der Waals surface area contributed by atoms with Gasteiger partial charge < -0.3 is 28.7 Å². The van der Waals surface area contributed by atoms with E-state index in [2.05, 4.69) is 24.8 Å². The van der Waals surface area contributed by atoms with Crippen LogP contribution in [0.25, 0.3) is 0 Å². The van der Waals surface area contributed by atoms with Gasteiger partial charge in [-0.2, -0.15) is 4.98 Å². The lowest BCUT2D eigenvalue weighted by Crippen LogP contribution is -2.36. The summed E-state index contributed by atoms with van der Waals surface area (Å²) in [6.45, 7) is 7.87. The zero-order valence-corrected chi connectivity index (χ0v) is 19.7. The van der Waals surface area contributed by atoms with Gasteiger partial charge in [0.25, 0.3) is 0 Å². The van der Waals surface area contributed by atoms with Crippen LogP contribution in [-0.4, -0.2) is 76.5 Å². The lowest BCUT2D eigenvalue weighted by Gasteiger charge is -2.31. The molecule has 178 valence electrons.